The summed E-state index contributed by atoms with van der Waals surface area (Å²) in [5, 5.41) is 6.61. The summed E-state index contributed by atoms with van der Waals surface area (Å²) in [5.41, 5.74) is 0.458. The number of rotatable bonds is 3. The van der Waals surface area contributed by atoms with Gasteiger partial charge in [0.15, 0.2) is 0 Å². The largest absolute Gasteiger partial charge is 0.352 e. The molecule has 4 heteroatoms. The van der Waals surface area contributed by atoms with E-state index in [4.69, 9.17) is 0 Å². The molecule has 0 aromatic heterocycles. The number of hydrogen-bond acceptors (Lipinski definition) is 3. The lowest BCUT2D eigenvalue weighted by Crippen LogP contribution is -2.45. The predicted molar refractivity (Wildman–Crippen MR) is 68.7 cm³/mol. The van der Waals surface area contributed by atoms with E-state index in [9.17, 15) is 4.79 Å². The number of carbonyl (C=O) groups is 1. The summed E-state index contributed by atoms with van der Waals surface area (Å²) in [7, 11) is 0. The molecule has 0 aromatic carbocycles. The predicted octanol–water partition coefficient (Wildman–Crippen LogP) is 1.39. The Balaban J connectivity index is 1.71. The molecule has 0 radical (unpaired) electrons. The summed E-state index contributed by atoms with van der Waals surface area (Å²) in [5.74, 6) is 2.69. The SMILES string of the molecule is CC1(C)CSCC(NCC2CCC(=O)N2)C1. The summed E-state index contributed by atoms with van der Waals surface area (Å²) in [4.78, 5) is 11.1. The Kier molecular flexibility index (Phi) is 3.80. The first-order valence-electron chi connectivity index (χ1n) is 6.16. The van der Waals surface area contributed by atoms with E-state index in [1.165, 1.54) is 17.9 Å². The molecule has 0 aliphatic carbocycles. The fraction of sp³-hybridized carbons (Fsp3) is 0.917. The number of carbonyl (C=O) groups excluding carboxylic acids is 1. The van der Waals surface area contributed by atoms with Crippen molar-refractivity contribution in [3.63, 3.8) is 0 Å². The van der Waals surface area contributed by atoms with Crippen molar-refractivity contribution in [2.45, 2.75) is 45.2 Å². The molecule has 2 saturated heterocycles. The molecule has 2 N–H and O–H groups in total. The lowest BCUT2D eigenvalue weighted by atomic mass is 9.88. The van der Waals surface area contributed by atoms with Crippen molar-refractivity contribution in [2.24, 2.45) is 5.41 Å². The first-order valence-corrected chi connectivity index (χ1v) is 7.31. The van der Waals surface area contributed by atoms with Gasteiger partial charge in [-0.1, -0.05) is 13.8 Å². The van der Waals surface area contributed by atoms with Crippen LogP contribution in [0.15, 0.2) is 0 Å². The van der Waals surface area contributed by atoms with Crippen LogP contribution >= 0.6 is 11.8 Å². The minimum absolute atomic E-state index is 0.213. The van der Waals surface area contributed by atoms with Crippen molar-refractivity contribution >= 4 is 17.7 Å². The Bertz CT molecular complexity index is 268. The molecule has 0 aromatic rings. The van der Waals surface area contributed by atoms with Crippen molar-refractivity contribution in [3.05, 3.63) is 0 Å². The minimum Gasteiger partial charge on any atom is -0.352 e. The zero-order valence-electron chi connectivity index (χ0n) is 10.2. The van der Waals surface area contributed by atoms with Crippen LogP contribution in [0, 0.1) is 5.41 Å². The summed E-state index contributed by atoms with van der Waals surface area (Å²) >= 11 is 2.04. The highest BCUT2D eigenvalue weighted by Gasteiger charge is 2.29. The van der Waals surface area contributed by atoms with E-state index in [-0.39, 0.29) is 5.91 Å². The summed E-state index contributed by atoms with van der Waals surface area (Å²) < 4.78 is 0. The normalized spacial score (nSPS) is 33.8. The highest BCUT2D eigenvalue weighted by atomic mass is 32.2. The van der Waals surface area contributed by atoms with E-state index in [2.05, 4.69) is 24.5 Å². The van der Waals surface area contributed by atoms with Crippen LogP contribution in [0.3, 0.4) is 0 Å². The van der Waals surface area contributed by atoms with Crippen LogP contribution in [0.5, 0.6) is 0 Å². The summed E-state index contributed by atoms with van der Waals surface area (Å²) in [6.07, 6.45) is 2.95. The van der Waals surface area contributed by atoms with Crippen LogP contribution in [0.1, 0.15) is 33.1 Å². The molecule has 2 heterocycles. The van der Waals surface area contributed by atoms with Crippen LogP contribution < -0.4 is 10.6 Å². The van der Waals surface area contributed by atoms with Gasteiger partial charge >= 0.3 is 0 Å². The van der Waals surface area contributed by atoms with Crippen molar-refractivity contribution in [1.29, 1.82) is 0 Å². The quantitative estimate of drug-likeness (QED) is 0.786. The van der Waals surface area contributed by atoms with E-state index in [0.29, 0.717) is 23.9 Å². The Morgan fingerprint density at radius 3 is 3.00 bits per heavy atom. The van der Waals surface area contributed by atoms with Crippen LogP contribution in [0.2, 0.25) is 0 Å². The molecule has 2 aliphatic heterocycles. The number of amides is 1. The zero-order chi connectivity index (χ0) is 11.6. The molecule has 2 aliphatic rings. The van der Waals surface area contributed by atoms with Crippen LogP contribution in [-0.2, 0) is 4.79 Å². The van der Waals surface area contributed by atoms with Crippen molar-refractivity contribution < 1.29 is 4.79 Å². The number of hydrogen-bond donors (Lipinski definition) is 2. The summed E-state index contributed by atoms with van der Waals surface area (Å²) in [6.45, 7) is 5.61. The topological polar surface area (TPSA) is 41.1 Å². The molecule has 1 amide bonds. The third-order valence-electron chi connectivity index (χ3n) is 3.35. The van der Waals surface area contributed by atoms with Gasteiger partial charge in [-0.15, -0.1) is 0 Å². The highest BCUT2D eigenvalue weighted by molar-refractivity contribution is 7.99. The molecule has 2 rings (SSSR count). The molecular formula is C12H22N2OS. The number of nitrogens with one attached hydrogen (secondary N) is 2. The molecule has 2 unspecified atom stereocenters. The maximum Gasteiger partial charge on any atom is 0.220 e. The third kappa shape index (κ3) is 3.39. The Hall–Kier alpha value is -0.220. The van der Waals surface area contributed by atoms with E-state index in [1.54, 1.807) is 0 Å². The molecule has 2 fully saturated rings. The minimum atomic E-state index is 0.213. The second-order valence-corrected chi connectivity index (χ2v) is 6.82. The Labute approximate surface area is 102 Å². The van der Waals surface area contributed by atoms with Gasteiger partial charge in [0.05, 0.1) is 0 Å². The van der Waals surface area contributed by atoms with E-state index in [1.807, 2.05) is 11.8 Å². The lowest BCUT2D eigenvalue weighted by Gasteiger charge is -2.35. The zero-order valence-corrected chi connectivity index (χ0v) is 11.0. The van der Waals surface area contributed by atoms with Gasteiger partial charge < -0.3 is 10.6 Å². The van der Waals surface area contributed by atoms with Crippen molar-refractivity contribution in [2.75, 3.05) is 18.1 Å². The van der Waals surface area contributed by atoms with Gasteiger partial charge in [0.1, 0.15) is 0 Å². The third-order valence-corrected chi connectivity index (χ3v) is 4.97. The molecule has 16 heavy (non-hydrogen) atoms. The van der Waals surface area contributed by atoms with E-state index >= 15 is 0 Å². The van der Waals surface area contributed by atoms with E-state index < -0.39 is 0 Å². The van der Waals surface area contributed by atoms with Crippen LogP contribution in [0.4, 0.5) is 0 Å². The van der Waals surface area contributed by atoms with Gasteiger partial charge in [-0.25, -0.2) is 0 Å². The maximum absolute atomic E-state index is 11.1. The fourth-order valence-electron chi connectivity index (χ4n) is 2.53. The van der Waals surface area contributed by atoms with Gasteiger partial charge in [-0.2, -0.15) is 11.8 Å². The Morgan fingerprint density at radius 2 is 2.38 bits per heavy atom. The monoisotopic (exact) mass is 242 g/mol. The van der Waals surface area contributed by atoms with Crippen LogP contribution in [0.25, 0.3) is 0 Å². The smallest absolute Gasteiger partial charge is 0.220 e. The average molecular weight is 242 g/mol. The lowest BCUT2D eigenvalue weighted by molar-refractivity contribution is -0.119. The average Bonchev–Trinajstić information content (AvgIpc) is 2.60. The molecule has 92 valence electrons. The first kappa shape index (κ1) is 12.2. The maximum atomic E-state index is 11.1. The van der Waals surface area contributed by atoms with Crippen LogP contribution in [-0.4, -0.2) is 36.0 Å². The molecular weight excluding hydrogens is 220 g/mol. The fourth-order valence-corrected chi connectivity index (χ4v) is 3.84. The highest BCUT2D eigenvalue weighted by Crippen LogP contribution is 2.33. The number of thioether (sulfide) groups is 1. The Morgan fingerprint density at radius 1 is 1.56 bits per heavy atom. The molecule has 0 bridgehead atoms. The second-order valence-electron chi connectivity index (χ2n) is 5.79. The summed E-state index contributed by atoms with van der Waals surface area (Å²) in [6, 6.07) is 0.980. The van der Waals surface area contributed by atoms with Gasteiger partial charge in [0.2, 0.25) is 5.91 Å². The first-order chi connectivity index (χ1) is 7.55. The van der Waals surface area contributed by atoms with E-state index in [0.717, 1.165) is 13.0 Å². The van der Waals surface area contributed by atoms with Crippen molar-refractivity contribution in [1.82, 2.24) is 10.6 Å². The molecule has 2 atom stereocenters. The molecule has 0 saturated carbocycles. The molecule has 0 spiro atoms. The van der Waals surface area contributed by atoms with Gasteiger partial charge in [-0.3, -0.25) is 4.79 Å². The van der Waals surface area contributed by atoms with Crippen molar-refractivity contribution in [3.8, 4) is 0 Å². The molecule has 3 nitrogen and oxygen atoms in total. The second kappa shape index (κ2) is 4.96. The van der Waals surface area contributed by atoms with Gasteiger partial charge in [0, 0.05) is 30.8 Å². The standard InChI is InChI=1S/C12H22N2OS/c1-12(2)5-10(7-16-8-12)13-6-9-3-4-11(15)14-9/h9-10,13H,3-8H2,1-2H3,(H,14,15). The van der Waals surface area contributed by atoms with Gasteiger partial charge in [-0.05, 0) is 24.0 Å². The van der Waals surface area contributed by atoms with Gasteiger partial charge in [0.25, 0.3) is 0 Å².